The molecule has 3 heterocycles. The van der Waals surface area contributed by atoms with Gasteiger partial charge in [-0.2, -0.15) is 5.10 Å². The van der Waals surface area contributed by atoms with E-state index >= 15 is 0 Å². The number of aryl methyl sites for hydroxylation is 1. The van der Waals surface area contributed by atoms with Crippen molar-refractivity contribution in [2.75, 3.05) is 19.9 Å². The van der Waals surface area contributed by atoms with E-state index in [-0.39, 0.29) is 31.9 Å². The number of aromatic nitrogens is 3. The molecule has 0 spiro atoms. The molecule has 1 N–H and O–H groups in total. The van der Waals surface area contributed by atoms with Gasteiger partial charge >= 0.3 is 5.69 Å². The smallest absolute Gasteiger partial charge is 0.351 e. The molecule has 144 valence electrons. The van der Waals surface area contributed by atoms with E-state index in [9.17, 15) is 14.7 Å². The summed E-state index contributed by atoms with van der Waals surface area (Å²) in [7, 11) is 0. The SMILES string of the molecule is Cc1nn(CC(=O)N2CCCC[C@@H]2CO)c(=O)n1-c1ccc2c(c1)OCO2. The normalized spacial score (nSPS) is 18.7. The standard InChI is InChI=1S/C18H22N4O5/c1-12-19-21(9-17(24)20-7-3-2-4-14(20)10-23)18(25)22(12)13-5-6-15-16(8-13)27-11-26-15/h5-6,8,14,23H,2-4,7,9-11H2,1H3/t14-/m1/s1. The lowest BCUT2D eigenvalue weighted by atomic mass is 10.0. The summed E-state index contributed by atoms with van der Waals surface area (Å²) in [5.74, 6) is 1.48. The summed E-state index contributed by atoms with van der Waals surface area (Å²) in [4.78, 5) is 27.2. The highest BCUT2D eigenvalue weighted by molar-refractivity contribution is 5.76. The number of rotatable bonds is 4. The number of hydrogen-bond acceptors (Lipinski definition) is 6. The van der Waals surface area contributed by atoms with Crippen molar-refractivity contribution in [1.82, 2.24) is 19.2 Å². The van der Waals surface area contributed by atoms with E-state index in [1.54, 1.807) is 30.0 Å². The van der Waals surface area contributed by atoms with Gasteiger partial charge in [0.1, 0.15) is 12.4 Å². The molecule has 0 saturated carbocycles. The predicted molar refractivity (Wildman–Crippen MR) is 95.1 cm³/mol. The van der Waals surface area contributed by atoms with Crippen LogP contribution in [0.15, 0.2) is 23.0 Å². The Morgan fingerprint density at radius 3 is 2.93 bits per heavy atom. The minimum Gasteiger partial charge on any atom is -0.454 e. The largest absolute Gasteiger partial charge is 0.454 e. The highest BCUT2D eigenvalue weighted by Crippen LogP contribution is 2.33. The van der Waals surface area contributed by atoms with Crippen molar-refractivity contribution in [3.63, 3.8) is 0 Å². The predicted octanol–water partition coefficient (Wildman–Crippen LogP) is 0.445. The van der Waals surface area contributed by atoms with Gasteiger partial charge in [0.05, 0.1) is 18.3 Å². The van der Waals surface area contributed by atoms with Crippen molar-refractivity contribution in [3.8, 4) is 17.2 Å². The minimum absolute atomic E-state index is 0.0642. The molecule has 1 amide bonds. The monoisotopic (exact) mass is 374 g/mol. The fourth-order valence-electron chi connectivity index (χ4n) is 3.68. The third-order valence-corrected chi connectivity index (χ3v) is 5.06. The van der Waals surface area contributed by atoms with Crippen molar-refractivity contribution in [2.24, 2.45) is 0 Å². The van der Waals surface area contributed by atoms with Crippen LogP contribution >= 0.6 is 0 Å². The number of likely N-dealkylation sites (tertiary alicyclic amines) is 1. The quantitative estimate of drug-likeness (QED) is 0.834. The number of nitrogens with zero attached hydrogens (tertiary/aromatic N) is 4. The average Bonchev–Trinajstić information content (AvgIpc) is 3.25. The molecule has 27 heavy (non-hydrogen) atoms. The first-order chi connectivity index (χ1) is 13.1. The van der Waals surface area contributed by atoms with Crippen LogP contribution in [0.25, 0.3) is 5.69 Å². The third-order valence-electron chi connectivity index (χ3n) is 5.06. The topological polar surface area (TPSA) is 98.8 Å². The number of amides is 1. The number of benzene rings is 1. The first-order valence-corrected chi connectivity index (χ1v) is 9.05. The van der Waals surface area contributed by atoms with Crippen molar-refractivity contribution >= 4 is 5.91 Å². The van der Waals surface area contributed by atoms with Gasteiger partial charge in [-0.15, -0.1) is 0 Å². The maximum absolute atomic E-state index is 12.8. The average molecular weight is 374 g/mol. The van der Waals surface area contributed by atoms with Gasteiger partial charge in [-0.05, 0) is 38.3 Å². The number of aliphatic hydroxyl groups excluding tert-OH is 1. The van der Waals surface area contributed by atoms with Gasteiger partial charge in [-0.25, -0.2) is 14.0 Å². The highest BCUT2D eigenvalue weighted by atomic mass is 16.7. The van der Waals surface area contributed by atoms with Gasteiger partial charge in [-0.1, -0.05) is 0 Å². The fraction of sp³-hybridized carbons (Fsp3) is 0.500. The third kappa shape index (κ3) is 3.18. The van der Waals surface area contributed by atoms with E-state index in [1.807, 2.05) is 0 Å². The molecule has 1 aromatic heterocycles. The fourth-order valence-corrected chi connectivity index (χ4v) is 3.68. The first kappa shape index (κ1) is 17.6. The van der Waals surface area contributed by atoms with E-state index in [0.717, 1.165) is 19.3 Å². The second-order valence-electron chi connectivity index (χ2n) is 6.78. The Morgan fingerprint density at radius 2 is 2.11 bits per heavy atom. The van der Waals surface area contributed by atoms with Crippen molar-refractivity contribution in [3.05, 3.63) is 34.5 Å². The van der Waals surface area contributed by atoms with E-state index in [4.69, 9.17) is 9.47 Å². The van der Waals surface area contributed by atoms with Gasteiger partial charge in [0.2, 0.25) is 12.7 Å². The Balaban J connectivity index is 1.59. The lowest BCUT2D eigenvalue weighted by Gasteiger charge is -2.34. The number of hydrogen-bond donors (Lipinski definition) is 1. The number of carbonyl (C=O) groups excluding carboxylic acids is 1. The molecule has 0 aliphatic carbocycles. The molecule has 1 aromatic carbocycles. The maximum Gasteiger partial charge on any atom is 0.351 e. The maximum atomic E-state index is 12.8. The Morgan fingerprint density at radius 1 is 1.30 bits per heavy atom. The Labute approximate surface area is 155 Å². The molecule has 9 nitrogen and oxygen atoms in total. The summed E-state index contributed by atoms with van der Waals surface area (Å²) >= 11 is 0. The summed E-state index contributed by atoms with van der Waals surface area (Å²) in [5.41, 5.74) is 0.212. The summed E-state index contributed by atoms with van der Waals surface area (Å²) in [6.45, 7) is 2.26. The summed E-state index contributed by atoms with van der Waals surface area (Å²) in [5, 5.41) is 13.8. The van der Waals surface area contributed by atoms with Crippen LogP contribution in [0.5, 0.6) is 11.5 Å². The second-order valence-corrected chi connectivity index (χ2v) is 6.78. The zero-order valence-electron chi connectivity index (χ0n) is 15.1. The summed E-state index contributed by atoms with van der Waals surface area (Å²) in [6.07, 6.45) is 2.68. The van der Waals surface area contributed by atoms with E-state index in [2.05, 4.69) is 5.10 Å². The molecule has 2 aromatic rings. The molecule has 0 bridgehead atoms. The van der Waals surface area contributed by atoms with Crippen LogP contribution in [0.4, 0.5) is 0 Å². The number of ether oxygens (including phenoxy) is 2. The highest BCUT2D eigenvalue weighted by Gasteiger charge is 2.27. The molecule has 9 heteroatoms. The Bertz CT molecular complexity index is 919. The number of carbonyl (C=O) groups is 1. The van der Waals surface area contributed by atoms with Crippen LogP contribution in [0, 0.1) is 6.92 Å². The Hall–Kier alpha value is -2.81. The molecule has 1 saturated heterocycles. The van der Waals surface area contributed by atoms with Gasteiger partial charge in [0.25, 0.3) is 0 Å². The molecule has 2 aliphatic heterocycles. The van der Waals surface area contributed by atoms with Gasteiger partial charge in [-0.3, -0.25) is 4.79 Å². The molecular weight excluding hydrogens is 352 g/mol. The zero-order chi connectivity index (χ0) is 19.0. The van der Waals surface area contributed by atoms with E-state index in [1.165, 1.54) is 9.25 Å². The molecule has 2 aliphatic rings. The van der Waals surface area contributed by atoms with Crippen molar-refractivity contribution in [2.45, 2.75) is 38.8 Å². The summed E-state index contributed by atoms with van der Waals surface area (Å²) < 4.78 is 13.3. The van der Waals surface area contributed by atoms with Gasteiger partial charge < -0.3 is 19.5 Å². The lowest BCUT2D eigenvalue weighted by Crippen LogP contribution is -2.47. The molecule has 1 atom stereocenters. The van der Waals surface area contributed by atoms with E-state index in [0.29, 0.717) is 29.6 Å². The lowest BCUT2D eigenvalue weighted by molar-refractivity contribution is -0.136. The summed E-state index contributed by atoms with van der Waals surface area (Å²) in [6, 6.07) is 5.03. The van der Waals surface area contributed by atoms with Crippen LogP contribution in [-0.4, -0.2) is 56.2 Å². The molecule has 1 fully saturated rings. The van der Waals surface area contributed by atoms with Crippen molar-refractivity contribution in [1.29, 1.82) is 0 Å². The molecule has 0 unspecified atom stereocenters. The van der Waals surface area contributed by atoms with Gasteiger partial charge in [0.15, 0.2) is 11.5 Å². The van der Waals surface area contributed by atoms with E-state index < -0.39 is 5.69 Å². The minimum atomic E-state index is -0.391. The molecular formula is C18H22N4O5. The number of piperidine rings is 1. The molecule has 4 rings (SSSR count). The first-order valence-electron chi connectivity index (χ1n) is 9.05. The van der Waals surface area contributed by atoms with Crippen LogP contribution in [0.2, 0.25) is 0 Å². The van der Waals surface area contributed by atoms with Crippen LogP contribution in [-0.2, 0) is 11.3 Å². The van der Waals surface area contributed by atoms with Gasteiger partial charge in [0, 0.05) is 12.6 Å². The van der Waals surface area contributed by atoms with Crippen molar-refractivity contribution < 1.29 is 19.4 Å². The number of fused-ring (bicyclic) bond motifs is 1. The zero-order valence-corrected chi connectivity index (χ0v) is 15.1. The van der Waals surface area contributed by atoms with Crippen LogP contribution in [0.3, 0.4) is 0 Å². The molecule has 0 radical (unpaired) electrons. The van der Waals surface area contributed by atoms with Crippen LogP contribution < -0.4 is 15.2 Å². The second kappa shape index (κ2) is 7.07. The number of aliphatic hydroxyl groups is 1. The Kier molecular flexibility index (Phi) is 4.61. The van der Waals surface area contributed by atoms with Crippen LogP contribution in [0.1, 0.15) is 25.1 Å².